The molecule has 0 radical (unpaired) electrons. The van der Waals surface area contributed by atoms with Crippen molar-refractivity contribution in [3.05, 3.63) is 64.6 Å². The Kier molecular flexibility index (Phi) is 3.77. The first-order valence-electron chi connectivity index (χ1n) is 8.38. The topological polar surface area (TPSA) is 70.7 Å². The second-order valence-electron chi connectivity index (χ2n) is 6.18. The Bertz CT molecular complexity index is 1260. The lowest BCUT2D eigenvalue weighted by Crippen LogP contribution is -2.12. The van der Waals surface area contributed by atoms with Crippen LogP contribution in [0.25, 0.3) is 31.8 Å². The molecule has 0 spiro atoms. The number of aromatic amines is 1. The van der Waals surface area contributed by atoms with E-state index in [1.54, 1.807) is 16.7 Å². The minimum atomic E-state index is -0.222. The fraction of sp³-hybridized carbons (Fsp3) is 0.0500. The van der Waals surface area contributed by atoms with Gasteiger partial charge in [-0.1, -0.05) is 18.2 Å². The fourth-order valence-corrected chi connectivity index (χ4v) is 4.58. The van der Waals surface area contributed by atoms with E-state index in [0.29, 0.717) is 5.69 Å². The molecule has 0 bridgehead atoms. The average Bonchev–Trinajstić information content (AvgIpc) is 3.37. The van der Waals surface area contributed by atoms with Gasteiger partial charge in [-0.2, -0.15) is 0 Å². The molecule has 0 aliphatic rings. The van der Waals surface area contributed by atoms with Crippen LogP contribution >= 0.6 is 22.7 Å². The normalized spacial score (nSPS) is 11.3. The Balaban J connectivity index is 1.40. The quantitative estimate of drug-likeness (QED) is 0.430. The standard InChI is InChI=1S/C20H14N4OS2/c1-11-21-15-9-13(6-7-18(15)27-11)22-19(25)17-10-26-20(24-17)16-8-12-4-2-3-5-14(12)23-16/h2-10,23H,1H3,(H,22,25). The summed E-state index contributed by atoms with van der Waals surface area (Å²) in [5.74, 6) is -0.222. The van der Waals surface area contributed by atoms with Gasteiger partial charge in [-0.05, 0) is 37.3 Å². The number of anilines is 1. The molecule has 0 aliphatic heterocycles. The number of benzene rings is 2. The zero-order valence-electron chi connectivity index (χ0n) is 14.3. The second kappa shape index (κ2) is 6.29. The number of rotatable bonds is 3. The van der Waals surface area contributed by atoms with Crippen molar-refractivity contribution in [2.24, 2.45) is 0 Å². The largest absolute Gasteiger partial charge is 0.353 e. The third-order valence-corrected chi connectivity index (χ3v) is 6.08. The van der Waals surface area contributed by atoms with Crippen molar-refractivity contribution in [3.63, 3.8) is 0 Å². The molecule has 2 aromatic carbocycles. The number of hydrogen-bond donors (Lipinski definition) is 2. The van der Waals surface area contributed by atoms with E-state index in [0.717, 1.165) is 42.5 Å². The summed E-state index contributed by atoms with van der Waals surface area (Å²) in [6, 6.07) is 15.9. The Morgan fingerprint density at radius 3 is 2.89 bits per heavy atom. The number of thiazole rings is 2. The van der Waals surface area contributed by atoms with E-state index in [1.807, 2.05) is 55.5 Å². The Labute approximate surface area is 162 Å². The van der Waals surface area contributed by atoms with Crippen molar-refractivity contribution >= 4 is 55.4 Å². The third kappa shape index (κ3) is 3.01. The van der Waals surface area contributed by atoms with Crippen LogP contribution in [0.1, 0.15) is 15.5 Å². The van der Waals surface area contributed by atoms with Crippen LogP contribution in [-0.4, -0.2) is 20.9 Å². The van der Waals surface area contributed by atoms with E-state index in [1.165, 1.54) is 11.3 Å². The lowest BCUT2D eigenvalue weighted by atomic mass is 10.2. The van der Waals surface area contributed by atoms with Gasteiger partial charge in [0.1, 0.15) is 10.7 Å². The minimum absolute atomic E-state index is 0.222. The molecule has 0 saturated heterocycles. The number of H-pyrrole nitrogens is 1. The van der Waals surface area contributed by atoms with Crippen LogP contribution < -0.4 is 5.32 Å². The highest BCUT2D eigenvalue weighted by atomic mass is 32.1. The van der Waals surface area contributed by atoms with Gasteiger partial charge in [0.2, 0.25) is 0 Å². The first-order valence-corrected chi connectivity index (χ1v) is 10.1. The highest BCUT2D eigenvalue weighted by molar-refractivity contribution is 7.18. The number of carbonyl (C=O) groups excluding carboxylic acids is 1. The van der Waals surface area contributed by atoms with Crippen LogP contribution in [0.3, 0.4) is 0 Å². The lowest BCUT2D eigenvalue weighted by molar-refractivity contribution is 0.102. The maximum atomic E-state index is 12.6. The molecular weight excluding hydrogens is 376 g/mol. The smallest absolute Gasteiger partial charge is 0.275 e. The summed E-state index contributed by atoms with van der Waals surface area (Å²) < 4.78 is 1.11. The molecule has 0 fully saturated rings. The summed E-state index contributed by atoms with van der Waals surface area (Å²) in [5.41, 5.74) is 3.99. The van der Waals surface area contributed by atoms with Crippen molar-refractivity contribution in [2.45, 2.75) is 6.92 Å². The van der Waals surface area contributed by atoms with Crippen LogP contribution in [0, 0.1) is 6.92 Å². The van der Waals surface area contributed by atoms with Gasteiger partial charge in [0.05, 0.1) is 20.9 Å². The molecule has 0 unspecified atom stereocenters. The van der Waals surface area contributed by atoms with Gasteiger partial charge >= 0.3 is 0 Å². The summed E-state index contributed by atoms with van der Waals surface area (Å²) in [4.78, 5) is 24.9. The molecule has 3 heterocycles. The SMILES string of the molecule is Cc1nc2cc(NC(=O)c3csc(-c4cc5ccccc5[nH]4)n3)ccc2s1. The number of carbonyl (C=O) groups is 1. The molecule has 2 N–H and O–H groups in total. The minimum Gasteiger partial charge on any atom is -0.353 e. The molecule has 132 valence electrons. The van der Waals surface area contributed by atoms with Gasteiger partial charge in [-0.25, -0.2) is 9.97 Å². The average molecular weight is 390 g/mol. The lowest BCUT2D eigenvalue weighted by Gasteiger charge is -2.02. The van der Waals surface area contributed by atoms with Crippen molar-refractivity contribution in [1.82, 2.24) is 15.0 Å². The molecule has 3 aromatic heterocycles. The van der Waals surface area contributed by atoms with E-state index in [4.69, 9.17) is 0 Å². The van der Waals surface area contributed by atoms with E-state index < -0.39 is 0 Å². The van der Waals surface area contributed by atoms with E-state index >= 15 is 0 Å². The molecular formula is C20H14N4OS2. The summed E-state index contributed by atoms with van der Waals surface area (Å²) in [6.07, 6.45) is 0. The van der Waals surface area contributed by atoms with Crippen molar-refractivity contribution < 1.29 is 4.79 Å². The number of hydrogen-bond acceptors (Lipinski definition) is 5. The summed E-state index contributed by atoms with van der Waals surface area (Å²) in [6.45, 7) is 1.98. The van der Waals surface area contributed by atoms with Crippen LogP contribution in [0.5, 0.6) is 0 Å². The molecule has 7 heteroatoms. The number of fused-ring (bicyclic) bond motifs is 2. The fourth-order valence-electron chi connectivity index (χ4n) is 3.01. The van der Waals surface area contributed by atoms with Gasteiger partial charge in [0.15, 0.2) is 0 Å². The first-order chi connectivity index (χ1) is 13.2. The van der Waals surface area contributed by atoms with Gasteiger partial charge in [-0.15, -0.1) is 22.7 Å². The Morgan fingerprint density at radius 2 is 2.00 bits per heavy atom. The van der Waals surface area contributed by atoms with Crippen molar-refractivity contribution in [2.75, 3.05) is 5.32 Å². The third-order valence-electron chi connectivity index (χ3n) is 4.25. The molecule has 5 aromatic rings. The number of aryl methyl sites for hydroxylation is 1. The molecule has 0 atom stereocenters. The predicted octanol–water partition coefficient (Wildman–Crippen LogP) is 5.46. The second-order valence-corrected chi connectivity index (χ2v) is 8.27. The molecule has 5 nitrogen and oxygen atoms in total. The van der Waals surface area contributed by atoms with Gasteiger partial charge < -0.3 is 10.3 Å². The van der Waals surface area contributed by atoms with Gasteiger partial charge in [0, 0.05) is 22.0 Å². The molecule has 0 aliphatic carbocycles. The van der Waals surface area contributed by atoms with E-state index in [-0.39, 0.29) is 5.91 Å². The van der Waals surface area contributed by atoms with E-state index in [2.05, 4.69) is 20.3 Å². The van der Waals surface area contributed by atoms with Crippen molar-refractivity contribution in [1.29, 1.82) is 0 Å². The summed E-state index contributed by atoms with van der Waals surface area (Å²) in [7, 11) is 0. The molecule has 27 heavy (non-hydrogen) atoms. The van der Waals surface area contributed by atoms with Crippen LogP contribution in [-0.2, 0) is 0 Å². The number of aromatic nitrogens is 3. The zero-order valence-corrected chi connectivity index (χ0v) is 15.9. The molecule has 5 rings (SSSR count). The highest BCUT2D eigenvalue weighted by Gasteiger charge is 2.14. The predicted molar refractivity (Wildman–Crippen MR) is 112 cm³/mol. The number of amides is 1. The van der Waals surface area contributed by atoms with E-state index in [9.17, 15) is 4.79 Å². The summed E-state index contributed by atoms with van der Waals surface area (Å²) >= 11 is 3.09. The van der Waals surface area contributed by atoms with Gasteiger partial charge in [0.25, 0.3) is 5.91 Å². The highest BCUT2D eigenvalue weighted by Crippen LogP contribution is 2.28. The first kappa shape index (κ1) is 16.2. The van der Waals surface area contributed by atoms with Crippen molar-refractivity contribution in [3.8, 4) is 10.7 Å². The number of nitrogens with zero attached hydrogens (tertiary/aromatic N) is 2. The van der Waals surface area contributed by atoms with Crippen LogP contribution in [0.4, 0.5) is 5.69 Å². The monoisotopic (exact) mass is 390 g/mol. The van der Waals surface area contributed by atoms with Gasteiger partial charge in [-0.3, -0.25) is 4.79 Å². The zero-order chi connectivity index (χ0) is 18.4. The Morgan fingerprint density at radius 1 is 1.11 bits per heavy atom. The number of para-hydroxylation sites is 1. The van der Waals surface area contributed by atoms with Crippen LogP contribution in [0.2, 0.25) is 0 Å². The van der Waals surface area contributed by atoms with Crippen LogP contribution in [0.15, 0.2) is 53.9 Å². The maximum Gasteiger partial charge on any atom is 0.275 e. The molecule has 0 saturated carbocycles. The maximum absolute atomic E-state index is 12.6. The molecule has 1 amide bonds. The number of nitrogens with one attached hydrogen (secondary N) is 2. The summed E-state index contributed by atoms with van der Waals surface area (Å²) in [5, 5.41) is 7.62. The Hall–Kier alpha value is -3.03.